The summed E-state index contributed by atoms with van der Waals surface area (Å²) < 4.78 is 2.06. The lowest BCUT2D eigenvalue weighted by atomic mass is 9.78. The molecule has 120 valence electrons. The number of aromatic nitrogens is 2. The molecule has 2 bridgehead atoms. The predicted molar refractivity (Wildman–Crippen MR) is 90.0 cm³/mol. The van der Waals surface area contributed by atoms with Gasteiger partial charge >= 0.3 is 0 Å². The molecule has 2 heterocycles. The fourth-order valence-corrected chi connectivity index (χ4v) is 5.30. The highest BCUT2D eigenvalue weighted by Gasteiger charge is 2.50. The van der Waals surface area contributed by atoms with Gasteiger partial charge in [-0.2, -0.15) is 5.10 Å². The molecule has 2 aliphatic carbocycles. The Balaban J connectivity index is 1.42. The summed E-state index contributed by atoms with van der Waals surface area (Å²) in [6, 6.07) is 11.5. The maximum absolute atomic E-state index is 4.64. The van der Waals surface area contributed by atoms with Crippen molar-refractivity contribution in [3.8, 4) is 5.69 Å². The zero-order chi connectivity index (χ0) is 15.4. The van der Waals surface area contributed by atoms with Crippen LogP contribution in [0.4, 0.5) is 0 Å². The molecule has 4 nitrogen and oxygen atoms in total. The van der Waals surface area contributed by atoms with E-state index in [2.05, 4.69) is 58.0 Å². The molecule has 3 fully saturated rings. The van der Waals surface area contributed by atoms with Crippen LogP contribution in [0.3, 0.4) is 0 Å². The lowest BCUT2D eigenvalue weighted by Crippen LogP contribution is -2.54. The van der Waals surface area contributed by atoms with Gasteiger partial charge in [-0.25, -0.2) is 10.1 Å². The Morgan fingerprint density at radius 2 is 1.87 bits per heavy atom. The summed E-state index contributed by atoms with van der Waals surface area (Å²) in [7, 11) is 0. The number of hydrogen-bond donors (Lipinski definition) is 2. The highest BCUT2D eigenvalue weighted by molar-refractivity contribution is 5.35. The van der Waals surface area contributed by atoms with E-state index in [1.807, 2.05) is 6.07 Å². The molecule has 1 aromatic heterocycles. The topological polar surface area (TPSA) is 41.9 Å². The minimum absolute atomic E-state index is 0.382. The number of rotatable bonds is 2. The van der Waals surface area contributed by atoms with E-state index in [-0.39, 0.29) is 0 Å². The Morgan fingerprint density at radius 1 is 1.04 bits per heavy atom. The first-order valence-corrected chi connectivity index (χ1v) is 8.92. The van der Waals surface area contributed by atoms with Gasteiger partial charge in [-0.15, -0.1) is 0 Å². The number of fused-ring (bicyclic) bond motifs is 5. The molecule has 4 heteroatoms. The average Bonchev–Trinajstić information content (AvgIpc) is 3.30. The molecule has 3 aliphatic rings. The second-order valence-corrected chi connectivity index (χ2v) is 7.53. The van der Waals surface area contributed by atoms with Crippen molar-refractivity contribution >= 4 is 0 Å². The van der Waals surface area contributed by atoms with Crippen LogP contribution in [-0.4, -0.2) is 15.8 Å². The zero-order valence-electron chi connectivity index (χ0n) is 13.6. The monoisotopic (exact) mass is 308 g/mol. The molecule has 5 rings (SSSR count). The quantitative estimate of drug-likeness (QED) is 0.895. The van der Waals surface area contributed by atoms with Crippen molar-refractivity contribution in [2.75, 3.05) is 0 Å². The van der Waals surface area contributed by atoms with Crippen LogP contribution in [0.15, 0.2) is 36.5 Å². The first kappa shape index (κ1) is 13.8. The van der Waals surface area contributed by atoms with Crippen molar-refractivity contribution in [2.24, 2.45) is 17.8 Å². The Hall–Kier alpha value is -1.65. The smallest absolute Gasteiger partial charge is 0.0648 e. The Labute approximate surface area is 137 Å². The molecule has 23 heavy (non-hydrogen) atoms. The van der Waals surface area contributed by atoms with E-state index in [1.54, 1.807) is 0 Å². The van der Waals surface area contributed by atoms with Crippen molar-refractivity contribution in [2.45, 2.75) is 44.7 Å². The van der Waals surface area contributed by atoms with E-state index in [1.165, 1.54) is 36.9 Å². The first-order chi connectivity index (χ1) is 11.3. The van der Waals surface area contributed by atoms with Gasteiger partial charge in [0, 0.05) is 23.3 Å². The van der Waals surface area contributed by atoms with Gasteiger partial charge in [0.2, 0.25) is 0 Å². The molecule has 1 saturated heterocycles. The summed E-state index contributed by atoms with van der Waals surface area (Å²) in [6.07, 6.45) is 7.62. The summed E-state index contributed by atoms with van der Waals surface area (Å²) in [5, 5.41) is 4.64. The highest BCUT2D eigenvalue weighted by atomic mass is 15.4. The van der Waals surface area contributed by atoms with Crippen molar-refractivity contribution in [3.63, 3.8) is 0 Å². The van der Waals surface area contributed by atoms with Gasteiger partial charge in [0.15, 0.2) is 0 Å². The van der Waals surface area contributed by atoms with Gasteiger partial charge in [-0.05, 0) is 62.5 Å². The number of nitrogens with zero attached hydrogens (tertiary/aromatic N) is 2. The molecule has 2 saturated carbocycles. The third-order valence-electron chi connectivity index (χ3n) is 6.44. The number of hydrazine groups is 1. The Kier molecular flexibility index (Phi) is 3.10. The Bertz CT molecular complexity index is 707. The summed E-state index contributed by atoms with van der Waals surface area (Å²) in [6.45, 7) is 2.18. The number of nitrogens with one attached hydrogen (secondary N) is 2. The zero-order valence-corrected chi connectivity index (χ0v) is 13.6. The largest absolute Gasteiger partial charge is 0.254 e. The second kappa shape index (κ2) is 5.18. The minimum atomic E-state index is 0.382. The van der Waals surface area contributed by atoms with Crippen molar-refractivity contribution in [1.29, 1.82) is 0 Å². The highest BCUT2D eigenvalue weighted by Crippen LogP contribution is 2.52. The van der Waals surface area contributed by atoms with Gasteiger partial charge < -0.3 is 0 Å². The molecule has 5 unspecified atom stereocenters. The normalized spacial score (nSPS) is 35.4. The summed E-state index contributed by atoms with van der Waals surface area (Å²) in [5.41, 5.74) is 11.0. The third kappa shape index (κ3) is 2.08. The fourth-order valence-electron chi connectivity index (χ4n) is 5.30. The van der Waals surface area contributed by atoms with Crippen LogP contribution in [0.5, 0.6) is 0 Å². The van der Waals surface area contributed by atoms with Gasteiger partial charge in [-0.3, -0.25) is 5.43 Å². The van der Waals surface area contributed by atoms with Crippen LogP contribution in [-0.2, 0) is 0 Å². The predicted octanol–water partition coefficient (Wildman–Crippen LogP) is 3.13. The number of benzene rings is 1. The van der Waals surface area contributed by atoms with Crippen LogP contribution < -0.4 is 10.9 Å². The average molecular weight is 308 g/mol. The van der Waals surface area contributed by atoms with Crippen molar-refractivity contribution in [3.05, 3.63) is 47.8 Å². The van der Waals surface area contributed by atoms with E-state index in [0.717, 1.165) is 23.4 Å². The molecule has 1 aliphatic heterocycles. The van der Waals surface area contributed by atoms with Gasteiger partial charge in [0.25, 0.3) is 0 Å². The maximum atomic E-state index is 4.64. The summed E-state index contributed by atoms with van der Waals surface area (Å²) in [4.78, 5) is 0. The van der Waals surface area contributed by atoms with Crippen LogP contribution in [0.1, 0.15) is 43.0 Å². The molecule has 0 radical (unpaired) electrons. The minimum Gasteiger partial charge on any atom is -0.254 e. The van der Waals surface area contributed by atoms with Crippen LogP contribution in [0.25, 0.3) is 5.69 Å². The van der Waals surface area contributed by atoms with Crippen molar-refractivity contribution < 1.29 is 0 Å². The van der Waals surface area contributed by atoms with E-state index in [4.69, 9.17) is 0 Å². The molecular formula is C19H24N4. The van der Waals surface area contributed by atoms with Gasteiger partial charge in [-0.1, -0.05) is 18.2 Å². The number of para-hydroxylation sites is 1. The van der Waals surface area contributed by atoms with Gasteiger partial charge in [0.1, 0.15) is 0 Å². The molecule has 2 N–H and O–H groups in total. The molecule has 1 aromatic carbocycles. The summed E-state index contributed by atoms with van der Waals surface area (Å²) in [5.74, 6) is 2.71. The molecule has 5 atom stereocenters. The van der Waals surface area contributed by atoms with Crippen molar-refractivity contribution in [1.82, 2.24) is 20.6 Å². The SMILES string of the molecule is Cc1c(C2CC3C4CCC(C4)C3NN2)cnn1-c1ccccc1. The van der Waals surface area contributed by atoms with E-state index < -0.39 is 0 Å². The van der Waals surface area contributed by atoms with E-state index >= 15 is 0 Å². The lowest BCUT2D eigenvalue weighted by molar-refractivity contribution is 0.139. The molecule has 2 aromatic rings. The second-order valence-electron chi connectivity index (χ2n) is 7.53. The molecule has 0 amide bonds. The maximum Gasteiger partial charge on any atom is 0.0648 e. The van der Waals surface area contributed by atoms with Crippen LogP contribution in [0, 0.1) is 24.7 Å². The Morgan fingerprint density at radius 3 is 2.74 bits per heavy atom. The standard InChI is InChI=1S/C19H24N4/c1-12-17(11-20-23(12)15-5-3-2-4-6-15)18-10-16-13-7-8-14(9-13)19(16)22-21-18/h2-6,11,13-14,16,18-19,21-22H,7-10H2,1H3. The van der Waals surface area contributed by atoms with Crippen LogP contribution in [0.2, 0.25) is 0 Å². The van der Waals surface area contributed by atoms with Crippen LogP contribution >= 0.6 is 0 Å². The first-order valence-electron chi connectivity index (χ1n) is 8.92. The molecular weight excluding hydrogens is 284 g/mol. The molecule has 0 spiro atoms. The lowest BCUT2D eigenvalue weighted by Gasteiger charge is -2.40. The van der Waals surface area contributed by atoms with E-state index in [9.17, 15) is 0 Å². The fraction of sp³-hybridized carbons (Fsp3) is 0.526. The van der Waals surface area contributed by atoms with E-state index in [0.29, 0.717) is 12.1 Å². The summed E-state index contributed by atoms with van der Waals surface area (Å²) >= 11 is 0. The third-order valence-corrected chi connectivity index (χ3v) is 6.44. The van der Waals surface area contributed by atoms with Gasteiger partial charge in [0.05, 0.1) is 11.9 Å². The number of hydrogen-bond acceptors (Lipinski definition) is 3.